The second kappa shape index (κ2) is 6.01. The summed E-state index contributed by atoms with van der Waals surface area (Å²) in [7, 11) is 1.53. The molecule has 0 aliphatic rings. The lowest BCUT2D eigenvalue weighted by Crippen LogP contribution is -2.24. The highest BCUT2D eigenvalue weighted by Gasteiger charge is 2.02. The maximum atomic E-state index is 10.9. The SMILES string of the molecule is CNC(=O)Nc1ncc(C#CCCO)s1. The van der Waals surface area contributed by atoms with E-state index in [1.807, 2.05) is 0 Å². The number of aromatic nitrogens is 1. The molecule has 0 bridgehead atoms. The maximum absolute atomic E-state index is 10.9. The van der Waals surface area contributed by atoms with Crippen molar-refractivity contribution in [2.24, 2.45) is 0 Å². The Labute approximate surface area is 91.5 Å². The summed E-state index contributed by atoms with van der Waals surface area (Å²) in [5, 5.41) is 14.0. The average molecular weight is 225 g/mol. The Balaban J connectivity index is 2.57. The van der Waals surface area contributed by atoms with Gasteiger partial charge in [0.15, 0.2) is 5.13 Å². The van der Waals surface area contributed by atoms with Crippen molar-refractivity contribution < 1.29 is 9.90 Å². The van der Waals surface area contributed by atoms with Crippen LogP contribution in [0.5, 0.6) is 0 Å². The lowest BCUT2D eigenvalue weighted by molar-refractivity contribution is 0.254. The molecule has 0 unspecified atom stereocenters. The Bertz CT molecular complexity index is 392. The number of nitrogens with one attached hydrogen (secondary N) is 2. The van der Waals surface area contributed by atoms with Gasteiger partial charge >= 0.3 is 6.03 Å². The van der Waals surface area contributed by atoms with Gasteiger partial charge in [-0.3, -0.25) is 5.32 Å². The minimum Gasteiger partial charge on any atom is -0.395 e. The molecule has 2 amide bonds. The monoisotopic (exact) mass is 225 g/mol. The summed E-state index contributed by atoms with van der Waals surface area (Å²) in [5.41, 5.74) is 0. The van der Waals surface area contributed by atoms with E-state index in [2.05, 4.69) is 27.5 Å². The molecule has 3 N–H and O–H groups in total. The number of aliphatic hydroxyl groups excluding tert-OH is 1. The van der Waals surface area contributed by atoms with Gasteiger partial charge in [0.25, 0.3) is 0 Å². The van der Waals surface area contributed by atoms with E-state index in [1.54, 1.807) is 6.20 Å². The summed E-state index contributed by atoms with van der Waals surface area (Å²) in [5.74, 6) is 5.61. The molecule has 0 atom stereocenters. The summed E-state index contributed by atoms with van der Waals surface area (Å²) in [4.78, 5) is 15.6. The molecular formula is C9H11N3O2S. The Hall–Kier alpha value is -1.58. The zero-order valence-electron chi connectivity index (χ0n) is 8.20. The van der Waals surface area contributed by atoms with Crippen LogP contribution in [0.2, 0.25) is 0 Å². The van der Waals surface area contributed by atoms with Crippen LogP contribution in [-0.4, -0.2) is 29.8 Å². The second-order valence-corrected chi connectivity index (χ2v) is 3.54. The molecule has 1 aromatic heterocycles. The van der Waals surface area contributed by atoms with Crippen molar-refractivity contribution in [2.45, 2.75) is 6.42 Å². The summed E-state index contributed by atoms with van der Waals surface area (Å²) in [6, 6.07) is -0.306. The van der Waals surface area contributed by atoms with Crippen LogP contribution in [0.3, 0.4) is 0 Å². The van der Waals surface area contributed by atoms with Gasteiger partial charge in [0, 0.05) is 13.5 Å². The first-order valence-electron chi connectivity index (χ1n) is 4.30. The van der Waals surface area contributed by atoms with Crippen LogP contribution in [0.15, 0.2) is 6.20 Å². The first kappa shape index (κ1) is 11.5. The normalized spacial score (nSPS) is 8.93. The third-order valence-electron chi connectivity index (χ3n) is 1.40. The summed E-state index contributed by atoms with van der Waals surface area (Å²) in [6.07, 6.45) is 2.02. The van der Waals surface area contributed by atoms with Crippen molar-refractivity contribution in [1.82, 2.24) is 10.3 Å². The van der Waals surface area contributed by atoms with Gasteiger partial charge in [-0.2, -0.15) is 0 Å². The molecule has 0 spiro atoms. The summed E-state index contributed by atoms with van der Waals surface area (Å²) < 4.78 is 0. The van der Waals surface area contributed by atoms with Crippen molar-refractivity contribution in [3.05, 3.63) is 11.1 Å². The number of anilines is 1. The van der Waals surface area contributed by atoms with E-state index >= 15 is 0 Å². The largest absolute Gasteiger partial charge is 0.395 e. The number of urea groups is 1. The van der Waals surface area contributed by atoms with Crippen LogP contribution in [-0.2, 0) is 0 Å². The third kappa shape index (κ3) is 3.97. The van der Waals surface area contributed by atoms with Crippen molar-refractivity contribution in [2.75, 3.05) is 19.0 Å². The maximum Gasteiger partial charge on any atom is 0.320 e. The predicted octanol–water partition coefficient (Wildman–Crippen LogP) is 0.628. The van der Waals surface area contributed by atoms with Crippen molar-refractivity contribution in [1.29, 1.82) is 0 Å². The minimum atomic E-state index is -0.306. The van der Waals surface area contributed by atoms with Crippen molar-refractivity contribution >= 4 is 22.5 Å². The van der Waals surface area contributed by atoms with Gasteiger partial charge in [0.05, 0.1) is 17.7 Å². The molecule has 1 aromatic rings. The van der Waals surface area contributed by atoms with E-state index in [-0.39, 0.29) is 12.6 Å². The molecule has 0 aliphatic heterocycles. The van der Waals surface area contributed by atoms with Gasteiger partial charge in [0.2, 0.25) is 0 Å². The Morgan fingerprint density at radius 1 is 1.73 bits per heavy atom. The lowest BCUT2D eigenvalue weighted by Gasteiger charge is -1.97. The molecule has 0 aromatic carbocycles. The Kier molecular flexibility index (Phi) is 4.60. The molecule has 0 aliphatic carbocycles. The molecule has 0 saturated carbocycles. The summed E-state index contributed by atoms with van der Waals surface area (Å²) in [6.45, 7) is 0.0507. The highest BCUT2D eigenvalue weighted by molar-refractivity contribution is 7.16. The van der Waals surface area contributed by atoms with E-state index in [0.717, 1.165) is 4.88 Å². The second-order valence-electron chi connectivity index (χ2n) is 2.51. The van der Waals surface area contributed by atoms with Crippen LogP contribution in [0.4, 0.5) is 9.93 Å². The average Bonchev–Trinajstić information content (AvgIpc) is 2.66. The zero-order valence-corrected chi connectivity index (χ0v) is 9.02. The van der Waals surface area contributed by atoms with E-state index in [4.69, 9.17) is 5.11 Å². The fraction of sp³-hybridized carbons (Fsp3) is 0.333. The molecule has 5 nitrogen and oxygen atoms in total. The molecule has 0 fully saturated rings. The highest BCUT2D eigenvalue weighted by atomic mass is 32.1. The smallest absolute Gasteiger partial charge is 0.320 e. The molecule has 15 heavy (non-hydrogen) atoms. The van der Waals surface area contributed by atoms with Crippen LogP contribution < -0.4 is 10.6 Å². The standard InChI is InChI=1S/C9H11N3O2S/c1-10-8(14)12-9-11-6-7(15-9)4-2-3-5-13/h6,13H,3,5H2,1H3,(H2,10,11,12,14). The van der Waals surface area contributed by atoms with Crippen molar-refractivity contribution in [3.63, 3.8) is 0 Å². The van der Waals surface area contributed by atoms with Crippen LogP contribution in [0, 0.1) is 11.8 Å². The van der Waals surface area contributed by atoms with E-state index < -0.39 is 0 Å². The number of nitrogens with zero attached hydrogens (tertiary/aromatic N) is 1. The van der Waals surface area contributed by atoms with E-state index in [9.17, 15) is 4.79 Å². The predicted molar refractivity (Wildman–Crippen MR) is 58.8 cm³/mol. The quantitative estimate of drug-likeness (QED) is 0.646. The van der Waals surface area contributed by atoms with Gasteiger partial charge in [0.1, 0.15) is 0 Å². The molecule has 80 valence electrons. The molecular weight excluding hydrogens is 214 g/mol. The van der Waals surface area contributed by atoms with Crippen LogP contribution in [0.25, 0.3) is 0 Å². The van der Waals surface area contributed by atoms with Gasteiger partial charge in [-0.25, -0.2) is 9.78 Å². The van der Waals surface area contributed by atoms with E-state index in [0.29, 0.717) is 11.6 Å². The molecule has 1 heterocycles. The number of hydrogen-bond acceptors (Lipinski definition) is 4. The molecule has 1 rings (SSSR count). The zero-order chi connectivity index (χ0) is 11.1. The van der Waals surface area contributed by atoms with Crippen LogP contribution in [0.1, 0.15) is 11.3 Å². The molecule has 0 saturated heterocycles. The number of carbonyl (C=O) groups is 1. The first-order valence-corrected chi connectivity index (χ1v) is 5.12. The first-order chi connectivity index (χ1) is 7.26. The third-order valence-corrected chi connectivity index (χ3v) is 2.23. The number of amides is 2. The number of thiazole rings is 1. The Morgan fingerprint density at radius 2 is 2.53 bits per heavy atom. The van der Waals surface area contributed by atoms with Gasteiger partial charge in [-0.15, -0.1) is 0 Å². The highest BCUT2D eigenvalue weighted by Crippen LogP contribution is 2.16. The number of carbonyl (C=O) groups excluding carboxylic acids is 1. The Morgan fingerprint density at radius 3 is 3.20 bits per heavy atom. The van der Waals surface area contributed by atoms with E-state index in [1.165, 1.54) is 18.4 Å². The molecule has 6 heteroatoms. The minimum absolute atomic E-state index is 0.0507. The lowest BCUT2D eigenvalue weighted by atomic mass is 10.4. The van der Waals surface area contributed by atoms with Crippen LogP contribution >= 0.6 is 11.3 Å². The van der Waals surface area contributed by atoms with Gasteiger partial charge in [-0.1, -0.05) is 23.2 Å². The summed E-state index contributed by atoms with van der Waals surface area (Å²) >= 11 is 1.29. The van der Waals surface area contributed by atoms with Crippen molar-refractivity contribution in [3.8, 4) is 11.8 Å². The number of aliphatic hydroxyl groups is 1. The fourth-order valence-electron chi connectivity index (χ4n) is 0.755. The van der Waals surface area contributed by atoms with Gasteiger partial charge < -0.3 is 10.4 Å². The van der Waals surface area contributed by atoms with Gasteiger partial charge in [-0.05, 0) is 0 Å². The fourth-order valence-corrected chi connectivity index (χ4v) is 1.44. The number of rotatable bonds is 2. The number of hydrogen-bond donors (Lipinski definition) is 3. The topological polar surface area (TPSA) is 74.2 Å². The molecule has 0 radical (unpaired) electrons.